The van der Waals surface area contributed by atoms with Gasteiger partial charge in [-0.15, -0.1) is 0 Å². The molecule has 2 aliphatic carbocycles. The van der Waals surface area contributed by atoms with Crippen molar-refractivity contribution in [3.05, 3.63) is 82.9 Å². The molecule has 3 aromatic carbocycles. The van der Waals surface area contributed by atoms with Crippen LogP contribution in [0.2, 0.25) is 0 Å². The molecular weight excluding hydrogens is 472 g/mol. The third-order valence-corrected chi connectivity index (χ3v) is 8.31. The van der Waals surface area contributed by atoms with Crippen LogP contribution in [0.15, 0.2) is 60.7 Å². The Morgan fingerprint density at radius 1 is 0.763 bits per heavy atom. The van der Waals surface area contributed by atoms with Crippen molar-refractivity contribution in [2.75, 3.05) is 0 Å². The van der Waals surface area contributed by atoms with Gasteiger partial charge in [0.2, 0.25) is 0 Å². The Bertz CT molecular complexity index is 1300. The summed E-state index contributed by atoms with van der Waals surface area (Å²) in [5, 5.41) is 10.2. The van der Waals surface area contributed by atoms with Crippen molar-refractivity contribution in [3.8, 4) is 22.3 Å². The van der Waals surface area contributed by atoms with Gasteiger partial charge >= 0.3 is 11.9 Å². The number of carboxylic acid groups (broad SMARTS) is 1. The number of carboxylic acids is 1. The minimum Gasteiger partial charge on any atom is -0.478 e. The van der Waals surface area contributed by atoms with Crippen molar-refractivity contribution in [3.63, 3.8) is 0 Å². The highest BCUT2D eigenvalue weighted by Gasteiger charge is 2.29. The minimum atomic E-state index is -0.935. The summed E-state index contributed by atoms with van der Waals surface area (Å²) < 4.78 is 6.04. The van der Waals surface area contributed by atoms with E-state index < -0.39 is 5.97 Å². The Balaban J connectivity index is 1.74. The molecule has 0 radical (unpaired) electrons. The van der Waals surface area contributed by atoms with Crippen molar-refractivity contribution in [1.82, 2.24) is 0 Å². The summed E-state index contributed by atoms with van der Waals surface area (Å²) in [5.74, 6) is -0.837. The number of hydrogen-bond donors (Lipinski definition) is 1. The van der Waals surface area contributed by atoms with E-state index >= 15 is 0 Å². The molecule has 198 valence electrons. The Hall–Kier alpha value is -3.40. The second-order valence-electron chi connectivity index (χ2n) is 10.9. The quantitative estimate of drug-likeness (QED) is 0.308. The second-order valence-corrected chi connectivity index (χ2v) is 10.9. The summed E-state index contributed by atoms with van der Waals surface area (Å²) in [7, 11) is 0. The van der Waals surface area contributed by atoms with E-state index in [1.807, 2.05) is 36.4 Å². The van der Waals surface area contributed by atoms with Crippen molar-refractivity contribution >= 4 is 11.9 Å². The lowest BCUT2D eigenvalue weighted by molar-refractivity contribution is 0.0212. The average molecular weight is 511 g/mol. The first-order valence-corrected chi connectivity index (χ1v) is 14.4. The highest BCUT2D eigenvalue weighted by Crippen LogP contribution is 2.47. The molecule has 0 aliphatic heterocycles. The molecule has 2 fully saturated rings. The van der Waals surface area contributed by atoms with Crippen LogP contribution >= 0.6 is 0 Å². The zero-order chi connectivity index (χ0) is 26.5. The smallest absolute Gasteiger partial charge is 0.339 e. The van der Waals surface area contributed by atoms with Crippen molar-refractivity contribution < 1.29 is 19.4 Å². The normalized spacial score (nSPS) is 16.4. The van der Waals surface area contributed by atoms with E-state index in [9.17, 15) is 14.7 Å². The third-order valence-electron chi connectivity index (χ3n) is 8.31. The zero-order valence-corrected chi connectivity index (χ0v) is 22.4. The predicted molar refractivity (Wildman–Crippen MR) is 152 cm³/mol. The van der Waals surface area contributed by atoms with Crippen LogP contribution in [0.5, 0.6) is 0 Å². The van der Waals surface area contributed by atoms with Gasteiger partial charge in [-0.2, -0.15) is 0 Å². The fourth-order valence-electron chi connectivity index (χ4n) is 6.48. The van der Waals surface area contributed by atoms with Crippen LogP contribution in [0, 0.1) is 0 Å². The summed E-state index contributed by atoms with van der Waals surface area (Å²) in [6, 6.07) is 19.5. The molecule has 0 amide bonds. The van der Waals surface area contributed by atoms with Gasteiger partial charge in [0.15, 0.2) is 0 Å². The number of carbonyl (C=O) groups is 2. The zero-order valence-electron chi connectivity index (χ0n) is 22.4. The van der Waals surface area contributed by atoms with Crippen LogP contribution in [0.1, 0.15) is 109 Å². The molecular formula is C34H38O4. The Morgan fingerprint density at radius 2 is 1.37 bits per heavy atom. The van der Waals surface area contributed by atoms with Gasteiger partial charge in [-0.3, -0.25) is 0 Å². The van der Waals surface area contributed by atoms with Gasteiger partial charge in [0.1, 0.15) is 6.10 Å². The second kappa shape index (κ2) is 12.0. The monoisotopic (exact) mass is 510 g/mol. The molecule has 0 bridgehead atoms. The van der Waals surface area contributed by atoms with Crippen LogP contribution in [0.25, 0.3) is 22.3 Å². The van der Waals surface area contributed by atoms with E-state index in [4.69, 9.17) is 4.74 Å². The fraction of sp³-hybridized carbons (Fsp3) is 0.412. The van der Waals surface area contributed by atoms with E-state index in [2.05, 4.69) is 19.1 Å². The lowest BCUT2D eigenvalue weighted by Crippen LogP contribution is -2.21. The third kappa shape index (κ3) is 5.41. The average Bonchev–Trinajstić information content (AvgIpc) is 3.48. The van der Waals surface area contributed by atoms with E-state index in [1.54, 1.807) is 12.1 Å². The number of aromatic carboxylic acids is 1. The highest BCUT2D eigenvalue weighted by molar-refractivity contribution is 6.04. The van der Waals surface area contributed by atoms with Gasteiger partial charge in [0.25, 0.3) is 0 Å². The van der Waals surface area contributed by atoms with Gasteiger partial charge in [0, 0.05) is 0 Å². The lowest BCUT2D eigenvalue weighted by Gasteiger charge is -2.26. The Labute approximate surface area is 226 Å². The number of carbonyl (C=O) groups excluding carboxylic acids is 1. The van der Waals surface area contributed by atoms with Gasteiger partial charge in [-0.05, 0) is 96.4 Å². The molecule has 3 aromatic rings. The maximum Gasteiger partial charge on any atom is 0.339 e. The summed E-state index contributed by atoms with van der Waals surface area (Å²) in [4.78, 5) is 26.0. The summed E-state index contributed by atoms with van der Waals surface area (Å²) >= 11 is 0. The van der Waals surface area contributed by atoms with Crippen molar-refractivity contribution in [1.29, 1.82) is 0 Å². The summed E-state index contributed by atoms with van der Waals surface area (Å²) in [6.45, 7) is 2.16. The number of benzene rings is 3. The number of hydrogen-bond acceptors (Lipinski definition) is 3. The molecule has 38 heavy (non-hydrogen) atoms. The van der Waals surface area contributed by atoms with Crippen LogP contribution in [0.3, 0.4) is 0 Å². The highest BCUT2D eigenvalue weighted by atomic mass is 16.5. The molecule has 0 saturated heterocycles. The van der Waals surface area contributed by atoms with Crippen LogP contribution in [-0.4, -0.2) is 23.1 Å². The molecule has 4 nitrogen and oxygen atoms in total. The van der Waals surface area contributed by atoms with E-state index in [0.717, 1.165) is 79.2 Å². The van der Waals surface area contributed by atoms with Crippen LogP contribution in [0.4, 0.5) is 0 Å². The van der Waals surface area contributed by atoms with Gasteiger partial charge < -0.3 is 9.84 Å². The molecule has 4 heteroatoms. The molecule has 0 aromatic heterocycles. The minimum absolute atomic E-state index is 0.0311. The molecule has 0 atom stereocenters. The van der Waals surface area contributed by atoms with Gasteiger partial charge in [0.05, 0.1) is 11.1 Å². The van der Waals surface area contributed by atoms with E-state index in [-0.39, 0.29) is 12.1 Å². The number of rotatable bonds is 8. The molecule has 2 aliphatic rings. The van der Waals surface area contributed by atoms with E-state index in [1.165, 1.54) is 24.8 Å². The molecule has 0 spiro atoms. The largest absolute Gasteiger partial charge is 0.478 e. The van der Waals surface area contributed by atoms with Gasteiger partial charge in [-0.1, -0.05) is 81.1 Å². The van der Waals surface area contributed by atoms with Crippen molar-refractivity contribution in [2.24, 2.45) is 0 Å². The first kappa shape index (κ1) is 26.2. The first-order valence-electron chi connectivity index (χ1n) is 14.4. The fourth-order valence-corrected chi connectivity index (χ4v) is 6.48. The predicted octanol–water partition coefficient (Wildman–Crippen LogP) is 8.82. The molecule has 0 heterocycles. The Kier molecular flexibility index (Phi) is 8.26. The number of ether oxygens (including phenoxy) is 1. The molecule has 1 N–H and O–H groups in total. The lowest BCUT2D eigenvalue weighted by atomic mass is 9.79. The molecule has 5 rings (SSSR count). The Morgan fingerprint density at radius 3 is 2.03 bits per heavy atom. The van der Waals surface area contributed by atoms with Crippen LogP contribution in [-0.2, 0) is 11.2 Å². The first-order chi connectivity index (χ1) is 18.6. The number of esters is 1. The van der Waals surface area contributed by atoms with Gasteiger partial charge in [-0.25, -0.2) is 9.59 Å². The maximum atomic E-state index is 13.6. The molecule has 0 unspecified atom stereocenters. The summed E-state index contributed by atoms with van der Waals surface area (Å²) in [6.07, 6.45) is 11.6. The van der Waals surface area contributed by atoms with E-state index in [0.29, 0.717) is 17.0 Å². The number of aryl methyl sites for hydroxylation is 1. The van der Waals surface area contributed by atoms with Crippen molar-refractivity contribution in [2.45, 2.75) is 89.6 Å². The van der Waals surface area contributed by atoms with Crippen LogP contribution < -0.4 is 0 Å². The molecule has 2 saturated carbocycles. The summed E-state index contributed by atoms with van der Waals surface area (Å²) in [5.41, 5.74) is 6.72. The topological polar surface area (TPSA) is 63.6 Å². The maximum absolute atomic E-state index is 13.6. The standard InChI is InChI=1S/C34H38O4/c1-2-12-24-21-22-26(23-13-6-7-14-23)32(27-17-8-10-19-29(27)33(35)36)31(24)28-18-9-11-20-30(28)34(37)38-25-15-4-3-5-16-25/h8-11,17-23,25H,2-7,12-16H2,1H3,(H,35,36). The SMILES string of the molecule is CCCc1ccc(C2CCCC2)c(-c2ccccc2C(=O)O)c1-c1ccccc1C(=O)OC1CCCCC1.